The van der Waals surface area contributed by atoms with Crippen LogP contribution in [0, 0.1) is 6.92 Å². The molecule has 0 bridgehead atoms. The maximum absolute atomic E-state index is 11.8. The number of hydrogen-bond acceptors (Lipinski definition) is 3. The van der Waals surface area contributed by atoms with E-state index in [-0.39, 0.29) is 5.78 Å². The summed E-state index contributed by atoms with van der Waals surface area (Å²) in [6, 6.07) is 6.34. The van der Waals surface area contributed by atoms with Crippen LogP contribution in [0.4, 0.5) is 0 Å². The molecule has 2 aromatic rings. The first-order chi connectivity index (χ1) is 10.1. The van der Waals surface area contributed by atoms with Gasteiger partial charge in [0.2, 0.25) is 0 Å². The number of rotatable bonds is 4. The van der Waals surface area contributed by atoms with E-state index in [1.165, 1.54) is 5.56 Å². The lowest BCUT2D eigenvalue weighted by atomic mass is 10.1. The second-order valence-electron chi connectivity index (χ2n) is 5.77. The summed E-state index contributed by atoms with van der Waals surface area (Å²) in [5.41, 5.74) is 3.17. The van der Waals surface area contributed by atoms with Crippen molar-refractivity contribution in [3.05, 3.63) is 35.5 Å². The molecule has 1 fully saturated rings. The first-order valence-corrected chi connectivity index (χ1v) is 7.55. The highest BCUT2D eigenvalue weighted by Crippen LogP contribution is 2.23. The van der Waals surface area contributed by atoms with Crippen LogP contribution in [-0.2, 0) is 11.3 Å². The monoisotopic (exact) mass is 286 g/mol. The van der Waals surface area contributed by atoms with E-state index in [2.05, 4.69) is 34.6 Å². The Labute approximate surface area is 125 Å². The topological polar surface area (TPSA) is 34.5 Å². The third kappa shape index (κ3) is 3.01. The number of aromatic nitrogens is 1. The molecule has 0 spiro atoms. The summed E-state index contributed by atoms with van der Waals surface area (Å²) in [4.78, 5) is 14.3. The zero-order chi connectivity index (χ0) is 14.8. The van der Waals surface area contributed by atoms with E-state index < -0.39 is 0 Å². The minimum absolute atomic E-state index is 0.135. The predicted octanol–water partition coefficient (Wildman–Crippen LogP) is 2.48. The van der Waals surface area contributed by atoms with Crippen molar-refractivity contribution in [3.63, 3.8) is 0 Å². The Bertz CT molecular complexity index is 654. The van der Waals surface area contributed by atoms with Crippen molar-refractivity contribution in [2.24, 2.45) is 0 Å². The fourth-order valence-corrected chi connectivity index (χ4v) is 2.95. The zero-order valence-corrected chi connectivity index (χ0v) is 12.8. The number of benzene rings is 1. The summed E-state index contributed by atoms with van der Waals surface area (Å²) in [5.74, 6) is 0.135. The molecule has 2 heterocycles. The van der Waals surface area contributed by atoms with E-state index in [1.54, 1.807) is 6.92 Å². The van der Waals surface area contributed by atoms with Crippen LogP contribution in [0.25, 0.3) is 10.9 Å². The number of morpholine rings is 1. The second-order valence-corrected chi connectivity index (χ2v) is 5.77. The van der Waals surface area contributed by atoms with Crippen LogP contribution < -0.4 is 0 Å². The van der Waals surface area contributed by atoms with Crippen LogP contribution in [0.5, 0.6) is 0 Å². The smallest absolute Gasteiger partial charge is 0.161 e. The SMILES string of the molecule is CC(=O)c1cn(CCN2CCOCC2)c2ccc(C)cc12. The summed E-state index contributed by atoms with van der Waals surface area (Å²) >= 11 is 0. The van der Waals surface area contributed by atoms with Crippen LogP contribution >= 0.6 is 0 Å². The van der Waals surface area contributed by atoms with Crippen molar-refractivity contribution in [1.29, 1.82) is 0 Å². The van der Waals surface area contributed by atoms with Gasteiger partial charge in [0.25, 0.3) is 0 Å². The second kappa shape index (κ2) is 6.00. The van der Waals surface area contributed by atoms with E-state index in [0.717, 1.165) is 55.9 Å². The average molecular weight is 286 g/mol. The minimum Gasteiger partial charge on any atom is -0.379 e. The molecule has 0 amide bonds. The molecule has 1 saturated heterocycles. The molecule has 112 valence electrons. The fourth-order valence-electron chi connectivity index (χ4n) is 2.95. The predicted molar refractivity (Wildman–Crippen MR) is 83.9 cm³/mol. The van der Waals surface area contributed by atoms with Gasteiger partial charge in [-0.2, -0.15) is 0 Å². The number of carbonyl (C=O) groups excluding carboxylic acids is 1. The Hall–Kier alpha value is -1.65. The molecule has 21 heavy (non-hydrogen) atoms. The van der Waals surface area contributed by atoms with Gasteiger partial charge in [-0.1, -0.05) is 11.6 Å². The molecule has 1 aliphatic heterocycles. The molecular weight excluding hydrogens is 264 g/mol. The molecule has 0 aliphatic carbocycles. The minimum atomic E-state index is 0.135. The van der Waals surface area contributed by atoms with E-state index >= 15 is 0 Å². The van der Waals surface area contributed by atoms with Crippen molar-refractivity contribution < 1.29 is 9.53 Å². The summed E-state index contributed by atoms with van der Waals surface area (Å²) in [6.07, 6.45) is 2.01. The van der Waals surface area contributed by atoms with Gasteiger partial charge in [0.1, 0.15) is 0 Å². The van der Waals surface area contributed by atoms with Crippen molar-refractivity contribution in [1.82, 2.24) is 9.47 Å². The lowest BCUT2D eigenvalue weighted by Gasteiger charge is -2.26. The number of Topliss-reactive ketones (excluding diaryl/α,β-unsaturated/α-hetero) is 1. The Balaban J connectivity index is 1.85. The van der Waals surface area contributed by atoms with Crippen LogP contribution in [0.1, 0.15) is 22.8 Å². The van der Waals surface area contributed by atoms with Gasteiger partial charge in [-0.05, 0) is 26.0 Å². The molecule has 1 aromatic heterocycles. The largest absolute Gasteiger partial charge is 0.379 e. The van der Waals surface area contributed by atoms with E-state index in [0.29, 0.717) is 0 Å². The molecule has 4 heteroatoms. The number of carbonyl (C=O) groups is 1. The number of ether oxygens (including phenoxy) is 1. The third-order valence-electron chi connectivity index (χ3n) is 4.18. The fraction of sp³-hybridized carbons (Fsp3) is 0.471. The Morgan fingerprint density at radius 1 is 1.24 bits per heavy atom. The number of hydrogen-bond donors (Lipinski definition) is 0. The number of aryl methyl sites for hydroxylation is 1. The van der Waals surface area contributed by atoms with Gasteiger partial charge in [0, 0.05) is 48.8 Å². The molecule has 4 nitrogen and oxygen atoms in total. The van der Waals surface area contributed by atoms with Crippen LogP contribution in [0.2, 0.25) is 0 Å². The van der Waals surface area contributed by atoms with E-state index in [9.17, 15) is 4.79 Å². The molecular formula is C17H22N2O2. The van der Waals surface area contributed by atoms with Crippen molar-refractivity contribution in [2.75, 3.05) is 32.8 Å². The van der Waals surface area contributed by atoms with Gasteiger partial charge in [-0.3, -0.25) is 9.69 Å². The van der Waals surface area contributed by atoms with Crippen LogP contribution in [-0.4, -0.2) is 48.1 Å². The Morgan fingerprint density at radius 3 is 2.71 bits per heavy atom. The summed E-state index contributed by atoms with van der Waals surface area (Å²) in [5, 5.41) is 1.07. The first kappa shape index (κ1) is 14.3. The highest BCUT2D eigenvalue weighted by molar-refractivity contribution is 6.07. The number of nitrogens with zero attached hydrogens (tertiary/aromatic N) is 2. The molecule has 0 atom stereocenters. The van der Waals surface area contributed by atoms with Gasteiger partial charge in [-0.25, -0.2) is 0 Å². The Kier molecular flexibility index (Phi) is 4.08. The van der Waals surface area contributed by atoms with Gasteiger partial charge in [-0.15, -0.1) is 0 Å². The molecule has 0 N–H and O–H groups in total. The highest BCUT2D eigenvalue weighted by Gasteiger charge is 2.14. The van der Waals surface area contributed by atoms with E-state index in [4.69, 9.17) is 4.74 Å². The highest BCUT2D eigenvalue weighted by atomic mass is 16.5. The van der Waals surface area contributed by atoms with Crippen LogP contribution in [0.15, 0.2) is 24.4 Å². The molecule has 0 radical (unpaired) electrons. The summed E-state index contributed by atoms with van der Waals surface area (Å²) < 4.78 is 7.59. The zero-order valence-electron chi connectivity index (χ0n) is 12.8. The lowest BCUT2D eigenvalue weighted by molar-refractivity contribution is 0.0365. The third-order valence-corrected chi connectivity index (χ3v) is 4.18. The van der Waals surface area contributed by atoms with E-state index in [1.807, 2.05) is 6.20 Å². The average Bonchev–Trinajstić information content (AvgIpc) is 2.84. The van der Waals surface area contributed by atoms with Gasteiger partial charge in [0.15, 0.2) is 5.78 Å². The lowest BCUT2D eigenvalue weighted by Crippen LogP contribution is -2.38. The van der Waals surface area contributed by atoms with Crippen molar-refractivity contribution in [2.45, 2.75) is 20.4 Å². The standard InChI is InChI=1S/C17H22N2O2/c1-13-3-4-17-15(11-13)16(14(2)20)12-19(17)6-5-18-7-9-21-10-8-18/h3-4,11-12H,5-10H2,1-2H3. The normalized spacial score (nSPS) is 16.5. The van der Waals surface area contributed by atoms with Crippen LogP contribution in [0.3, 0.4) is 0 Å². The molecule has 1 aliphatic rings. The quantitative estimate of drug-likeness (QED) is 0.810. The van der Waals surface area contributed by atoms with Crippen molar-refractivity contribution in [3.8, 4) is 0 Å². The summed E-state index contributed by atoms with van der Waals surface area (Å²) in [6.45, 7) is 9.26. The first-order valence-electron chi connectivity index (χ1n) is 7.55. The molecule has 1 aromatic carbocycles. The number of fused-ring (bicyclic) bond motifs is 1. The summed E-state index contributed by atoms with van der Waals surface area (Å²) in [7, 11) is 0. The van der Waals surface area contributed by atoms with Crippen molar-refractivity contribution >= 4 is 16.7 Å². The maximum Gasteiger partial charge on any atom is 0.161 e. The number of ketones is 1. The molecule has 0 unspecified atom stereocenters. The molecule has 0 saturated carbocycles. The Morgan fingerprint density at radius 2 is 2.00 bits per heavy atom. The maximum atomic E-state index is 11.8. The molecule has 3 rings (SSSR count). The van der Waals surface area contributed by atoms with Gasteiger partial charge < -0.3 is 9.30 Å². The van der Waals surface area contributed by atoms with Gasteiger partial charge >= 0.3 is 0 Å². The van der Waals surface area contributed by atoms with Gasteiger partial charge in [0.05, 0.1) is 13.2 Å².